The molecule has 1 N–H and O–H groups in total. The Kier molecular flexibility index (Phi) is 3.31. The van der Waals surface area contributed by atoms with Crippen molar-refractivity contribution in [1.29, 1.82) is 0 Å². The highest BCUT2D eigenvalue weighted by Gasteiger charge is 2.26. The predicted molar refractivity (Wildman–Crippen MR) is 54.8 cm³/mol. The SMILES string of the molecule is O=C(O)C1CCN(C(=O)Cn2cnnn2)CC1. The van der Waals surface area contributed by atoms with Gasteiger partial charge in [0, 0.05) is 13.1 Å². The Bertz CT molecular complexity index is 397. The fourth-order valence-corrected chi connectivity index (χ4v) is 1.87. The monoisotopic (exact) mass is 239 g/mol. The number of piperidine rings is 1. The second kappa shape index (κ2) is 4.89. The summed E-state index contributed by atoms with van der Waals surface area (Å²) in [6.45, 7) is 1.07. The smallest absolute Gasteiger partial charge is 0.306 e. The van der Waals surface area contributed by atoms with E-state index in [1.165, 1.54) is 11.0 Å². The van der Waals surface area contributed by atoms with E-state index in [1.54, 1.807) is 4.90 Å². The number of hydrogen-bond acceptors (Lipinski definition) is 5. The lowest BCUT2D eigenvalue weighted by molar-refractivity contribution is -0.145. The van der Waals surface area contributed by atoms with Crippen molar-refractivity contribution in [2.24, 2.45) is 5.92 Å². The molecule has 1 amide bonds. The van der Waals surface area contributed by atoms with Crippen molar-refractivity contribution in [3.05, 3.63) is 6.33 Å². The Morgan fingerprint density at radius 2 is 2.06 bits per heavy atom. The fraction of sp³-hybridized carbons (Fsp3) is 0.667. The van der Waals surface area contributed by atoms with Crippen LogP contribution in [0.2, 0.25) is 0 Å². The maximum atomic E-state index is 11.8. The van der Waals surface area contributed by atoms with Crippen LogP contribution in [0.4, 0.5) is 0 Å². The summed E-state index contributed by atoms with van der Waals surface area (Å²) in [6.07, 6.45) is 2.40. The summed E-state index contributed by atoms with van der Waals surface area (Å²) < 4.78 is 1.35. The molecule has 17 heavy (non-hydrogen) atoms. The third kappa shape index (κ3) is 2.77. The van der Waals surface area contributed by atoms with Gasteiger partial charge in [-0.2, -0.15) is 0 Å². The van der Waals surface area contributed by atoms with E-state index in [2.05, 4.69) is 15.5 Å². The van der Waals surface area contributed by atoms with Crippen LogP contribution in [0.15, 0.2) is 6.33 Å². The zero-order chi connectivity index (χ0) is 12.3. The Hall–Kier alpha value is -1.99. The molecule has 1 aliphatic heterocycles. The third-order valence-corrected chi connectivity index (χ3v) is 2.89. The first-order chi connectivity index (χ1) is 8.16. The van der Waals surface area contributed by atoms with E-state index in [-0.39, 0.29) is 18.4 Å². The van der Waals surface area contributed by atoms with Crippen LogP contribution in [-0.4, -0.2) is 55.2 Å². The van der Waals surface area contributed by atoms with Gasteiger partial charge in [-0.05, 0) is 23.3 Å². The number of carboxylic acid groups (broad SMARTS) is 1. The summed E-state index contributed by atoms with van der Waals surface area (Å²) in [7, 11) is 0. The van der Waals surface area contributed by atoms with E-state index >= 15 is 0 Å². The van der Waals surface area contributed by atoms with Gasteiger partial charge in [0.2, 0.25) is 5.91 Å². The van der Waals surface area contributed by atoms with Crippen molar-refractivity contribution in [2.75, 3.05) is 13.1 Å². The van der Waals surface area contributed by atoms with Crippen molar-refractivity contribution in [3.63, 3.8) is 0 Å². The first kappa shape index (κ1) is 11.5. The van der Waals surface area contributed by atoms with E-state index in [0.717, 1.165) is 0 Å². The molecule has 0 aromatic carbocycles. The second-order valence-corrected chi connectivity index (χ2v) is 4.00. The third-order valence-electron chi connectivity index (χ3n) is 2.89. The quantitative estimate of drug-likeness (QED) is 0.725. The molecule has 0 spiro atoms. The maximum absolute atomic E-state index is 11.8. The number of aromatic nitrogens is 4. The molecule has 0 unspecified atom stereocenters. The average molecular weight is 239 g/mol. The van der Waals surface area contributed by atoms with Crippen molar-refractivity contribution < 1.29 is 14.7 Å². The van der Waals surface area contributed by atoms with Gasteiger partial charge >= 0.3 is 5.97 Å². The Morgan fingerprint density at radius 1 is 1.35 bits per heavy atom. The van der Waals surface area contributed by atoms with Crippen LogP contribution in [-0.2, 0) is 16.1 Å². The Morgan fingerprint density at radius 3 is 2.59 bits per heavy atom. The molecule has 0 radical (unpaired) electrons. The highest BCUT2D eigenvalue weighted by Crippen LogP contribution is 2.17. The summed E-state index contributed by atoms with van der Waals surface area (Å²) in [5.74, 6) is -1.19. The Labute approximate surface area is 97.2 Å². The number of nitrogens with zero attached hydrogens (tertiary/aromatic N) is 5. The van der Waals surface area contributed by atoms with E-state index < -0.39 is 5.97 Å². The van der Waals surface area contributed by atoms with Gasteiger partial charge in [-0.1, -0.05) is 0 Å². The van der Waals surface area contributed by atoms with Gasteiger partial charge in [0.1, 0.15) is 12.9 Å². The number of aliphatic carboxylic acids is 1. The minimum absolute atomic E-state index is 0.0823. The molecule has 2 rings (SSSR count). The van der Waals surface area contributed by atoms with Crippen LogP contribution in [0.25, 0.3) is 0 Å². The van der Waals surface area contributed by atoms with Crippen molar-refractivity contribution in [2.45, 2.75) is 19.4 Å². The highest BCUT2D eigenvalue weighted by atomic mass is 16.4. The van der Waals surface area contributed by atoms with Gasteiger partial charge < -0.3 is 10.0 Å². The molecule has 8 heteroatoms. The summed E-state index contributed by atoms with van der Waals surface area (Å²) in [6, 6.07) is 0. The number of rotatable bonds is 3. The minimum Gasteiger partial charge on any atom is -0.481 e. The zero-order valence-corrected chi connectivity index (χ0v) is 9.19. The standard InChI is InChI=1S/C9H13N5O3/c15-8(5-14-6-10-11-12-14)13-3-1-7(2-4-13)9(16)17/h6-7H,1-5H2,(H,16,17). The lowest BCUT2D eigenvalue weighted by Crippen LogP contribution is -2.41. The number of hydrogen-bond donors (Lipinski definition) is 1. The van der Waals surface area contributed by atoms with Crippen molar-refractivity contribution in [3.8, 4) is 0 Å². The average Bonchev–Trinajstić information content (AvgIpc) is 2.82. The first-order valence-electron chi connectivity index (χ1n) is 5.38. The van der Waals surface area contributed by atoms with Gasteiger partial charge in [-0.15, -0.1) is 5.10 Å². The molecule has 92 valence electrons. The topological polar surface area (TPSA) is 101 Å². The molecule has 8 nitrogen and oxygen atoms in total. The summed E-state index contributed by atoms with van der Waals surface area (Å²) in [5, 5.41) is 19.3. The highest BCUT2D eigenvalue weighted by molar-refractivity contribution is 5.76. The van der Waals surface area contributed by atoms with Crippen LogP contribution in [0.1, 0.15) is 12.8 Å². The number of likely N-dealkylation sites (tertiary alicyclic amines) is 1. The van der Waals surface area contributed by atoms with Crippen LogP contribution in [0, 0.1) is 5.92 Å². The zero-order valence-electron chi connectivity index (χ0n) is 9.19. The largest absolute Gasteiger partial charge is 0.481 e. The maximum Gasteiger partial charge on any atom is 0.306 e. The Balaban J connectivity index is 1.84. The van der Waals surface area contributed by atoms with Crippen LogP contribution < -0.4 is 0 Å². The first-order valence-corrected chi connectivity index (χ1v) is 5.38. The molecule has 0 bridgehead atoms. The molecular formula is C9H13N5O3. The molecule has 0 aliphatic carbocycles. The number of carbonyl (C=O) groups is 2. The predicted octanol–water partition coefficient (Wildman–Crippen LogP) is -1.00. The molecule has 0 atom stereocenters. The van der Waals surface area contributed by atoms with Crippen LogP contribution in [0.5, 0.6) is 0 Å². The molecule has 2 heterocycles. The van der Waals surface area contributed by atoms with Gasteiger partial charge in [-0.25, -0.2) is 4.68 Å². The second-order valence-electron chi connectivity index (χ2n) is 4.00. The van der Waals surface area contributed by atoms with Gasteiger partial charge in [-0.3, -0.25) is 9.59 Å². The minimum atomic E-state index is -0.780. The molecular weight excluding hydrogens is 226 g/mol. The molecule has 1 aromatic heterocycles. The normalized spacial score (nSPS) is 17.1. The molecule has 1 fully saturated rings. The van der Waals surface area contributed by atoms with Crippen molar-refractivity contribution in [1.82, 2.24) is 25.1 Å². The van der Waals surface area contributed by atoms with Crippen LogP contribution in [0.3, 0.4) is 0 Å². The molecule has 1 aliphatic rings. The van der Waals surface area contributed by atoms with Gasteiger partial charge in [0.25, 0.3) is 0 Å². The van der Waals surface area contributed by atoms with Crippen molar-refractivity contribution >= 4 is 11.9 Å². The van der Waals surface area contributed by atoms with Gasteiger partial charge in [0.05, 0.1) is 5.92 Å². The number of amides is 1. The number of tetrazole rings is 1. The van der Waals surface area contributed by atoms with Crippen LogP contribution >= 0.6 is 0 Å². The van der Waals surface area contributed by atoms with E-state index in [9.17, 15) is 9.59 Å². The number of carbonyl (C=O) groups excluding carboxylic acids is 1. The molecule has 0 saturated carbocycles. The van der Waals surface area contributed by atoms with Gasteiger partial charge in [0.15, 0.2) is 0 Å². The summed E-state index contributed by atoms with van der Waals surface area (Å²) >= 11 is 0. The molecule has 1 saturated heterocycles. The lowest BCUT2D eigenvalue weighted by Gasteiger charge is -2.29. The fourth-order valence-electron chi connectivity index (χ4n) is 1.87. The van der Waals surface area contributed by atoms with E-state index in [4.69, 9.17) is 5.11 Å². The van der Waals surface area contributed by atoms with E-state index in [0.29, 0.717) is 25.9 Å². The summed E-state index contributed by atoms with van der Waals surface area (Å²) in [4.78, 5) is 24.2. The molecule has 1 aromatic rings. The number of carboxylic acids is 1. The lowest BCUT2D eigenvalue weighted by atomic mass is 9.97. The van der Waals surface area contributed by atoms with E-state index in [1.807, 2.05) is 0 Å². The summed E-state index contributed by atoms with van der Waals surface area (Å²) in [5.41, 5.74) is 0.